The maximum absolute atomic E-state index is 9.17. The smallest absolute Gasteiger partial charge is 0.0763 e. The van der Waals surface area contributed by atoms with Gasteiger partial charge in [0.15, 0.2) is 0 Å². The molecule has 0 atom stereocenters. The third-order valence-electron chi connectivity index (χ3n) is 2.98. The highest BCUT2D eigenvalue weighted by Crippen LogP contribution is 2.45. The Kier molecular flexibility index (Phi) is 2.76. The Morgan fingerprint density at radius 1 is 1.47 bits per heavy atom. The van der Waals surface area contributed by atoms with Crippen LogP contribution in [0.25, 0.3) is 0 Å². The van der Waals surface area contributed by atoms with Crippen molar-refractivity contribution in [1.29, 1.82) is 0 Å². The molecule has 0 spiro atoms. The molecule has 0 aliphatic heterocycles. The zero-order valence-electron chi connectivity index (χ0n) is 8.46. The molecule has 4 N–H and O–H groups in total. The Labute approximate surface area is 94.2 Å². The van der Waals surface area contributed by atoms with Gasteiger partial charge in [-0.3, -0.25) is 0 Å². The van der Waals surface area contributed by atoms with Gasteiger partial charge in [-0.25, -0.2) is 0 Å². The summed E-state index contributed by atoms with van der Waals surface area (Å²) in [6, 6.07) is 5.44. The van der Waals surface area contributed by atoms with Crippen LogP contribution in [0.3, 0.4) is 0 Å². The van der Waals surface area contributed by atoms with Crippen molar-refractivity contribution in [2.24, 2.45) is 5.41 Å². The van der Waals surface area contributed by atoms with Gasteiger partial charge in [-0.2, -0.15) is 0 Å². The number of anilines is 2. The standard InChI is InChI=1S/C11H15ClN2O/c12-8-2-1-3-9(13)10(8)14-6-11(7-15)4-5-11/h1-3,14-15H,4-7,13H2. The van der Waals surface area contributed by atoms with Gasteiger partial charge in [0.05, 0.1) is 23.0 Å². The van der Waals surface area contributed by atoms with Crippen LogP contribution in [-0.4, -0.2) is 18.3 Å². The lowest BCUT2D eigenvalue weighted by Gasteiger charge is -2.16. The zero-order chi connectivity index (χ0) is 10.9. The molecule has 1 aromatic rings. The third-order valence-corrected chi connectivity index (χ3v) is 3.29. The lowest BCUT2D eigenvalue weighted by atomic mass is 10.1. The molecule has 0 aromatic heterocycles. The molecule has 82 valence electrons. The molecule has 0 radical (unpaired) electrons. The molecule has 0 unspecified atom stereocenters. The number of halogens is 1. The molecule has 1 aliphatic carbocycles. The topological polar surface area (TPSA) is 58.3 Å². The third kappa shape index (κ3) is 2.19. The quantitative estimate of drug-likeness (QED) is 0.690. The predicted molar refractivity (Wildman–Crippen MR) is 63.1 cm³/mol. The second-order valence-corrected chi connectivity index (χ2v) is 4.62. The summed E-state index contributed by atoms with van der Waals surface area (Å²) in [7, 11) is 0. The van der Waals surface area contributed by atoms with E-state index >= 15 is 0 Å². The number of aliphatic hydroxyl groups is 1. The normalized spacial score (nSPS) is 17.5. The van der Waals surface area contributed by atoms with Crippen molar-refractivity contribution < 1.29 is 5.11 Å². The van der Waals surface area contributed by atoms with Crippen LogP contribution < -0.4 is 11.1 Å². The summed E-state index contributed by atoms with van der Waals surface area (Å²) in [6.45, 7) is 0.960. The van der Waals surface area contributed by atoms with Crippen LogP contribution in [0, 0.1) is 5.41 Å². The molecule has 1 aromatic carbocycles. The van der Waals surface area contributed by atoms with E-state index in [2.05, 4.69) is 5.32 Å². The molecule has 1 saturated carbocycles. The number of rotatable bonds is 4. The van der Waals surface area contributed by atoms with E-state index in [-0.39, 0.29) is 12.0 Å². The van der Waals surface area contributed by atoms with Gasteiger partial charge < -0.3 is 16.2 Å². The fourth-order valence-electron chi connectivity index (χ4n) is 1.57. The molecule has 2 rings (SSSR count). The summed E-state index contributed by atoms with van der Waals surface area (Å²) < 4.78 is 0. The molecular weight excluding hydrogens is 212 g/mol. The van der Waals surface area contributed by atoms with E-state index in [1.165, 1.54) is 0 Å². The van der Waals surface area contributed by atoms with Gasteiger partial charge in [0.1, 0.15) is 0 Å². The first kappa shape index (κ1) is 10.6. The van der Waals surface area contributed by atoms with Gasteiger partial charge in [0.2, 0.25) is 0 Å². The number of benzene rings is 1. The Balaban J connectivity index is 2.05. The molecule has 15 heavy (non-hydrogen) atoms. The highest BCUT2D eigenvalue weighted by molar-refractivity contribution is 6.33. The van der Waals surface area contributed by atoms with E-state index in [9.17, 15) is 0 Å². The van der Waals surface area contributed by atoms with Gasteiger partial charge >= 0.3 is 0 Å². The van der Waals surface area contributed by atoms with Crippen molar-refractivity contribution in [3.63, 3.8) is 0 Å². The van der Waals surface area contributed by atoms with Crippen molar-refractivity contribution in [2.75, 3.05) is 24.2 Å². The van der Waals surface area contributed by atoms with Crippen molar-refractivity contribution in [3.05, 3.63) is 23.2 Å². The molecule has 0 heterocycles. The predicted octanol–water partition coefficient (Wildman–Crippen LogP) is 2.11. The number of nitrogens with two attached hydrogens (primary N) is 1. The van der Waals surface area contributed by atoms with Crippen LogP contribution in [0.2, 0.25) is 5.02 Å². The Morgan fingerprint density at radius 2 is 2.20 bits per heavy atom. The number of para-hydroxylation sites is 1. The number of hydrogen-bond acceptors (Lipinski definition) is 3. The maximum atomic E-state index is 9.17. The van der Waals surface area contributed by atoms with Crippen LogP contribution in [0.5, 0.6) is 0 Å². The molecule has 3 nitrogen and oxygen atoms in total. The van der Waals surface area contributed by atoms with Crippen molar-refractivity contribution in [2.45, 2.75) is 12.8 Å². The first-order chi connectivity index (χ1) is 7.17. The minimum absolute atomic E-state index is 0.0611. The lowest BCUT2D eigenvalue weighted by Crippen LogP contribution is -2.19. The van der Waals surface area contributed by atoms with E-state index in [4.69, 9.17) is 22.4 Å². The van der Waals surface area contributed by atoms with E-state index in [0.29, 0.717) is 10.7 Å². The number of hydrogen-bond donors (Lipinski definition) is 3. The van der Waals surface area contributed by atoms with Gasteiger partial charge in [0, 0.05) is 12.0 Å². The van der Waals surface area contributed by atoms with Crippen LogP contribution in [0.1, 0.15) is 12.8 Å². The molecule has 1 aliphatic rings. The summed E-state index contributed by atoms with van der Waals surface area (Å²) in [5.74, 6) is 0. The van der Waals surface area contributed by atoms with Crippen LogP contribution >= 0.6 is 11.6 Å². The summed E-state index contributed by atoms with van der Waals surface area (Å²) in [5.41, 5.74) is 7.29. The number of nitrogen functional groups attached to an aromatic ring is 1. The van der Waals surface area contributed by atoms with Crippen LogP contribution in [0.4, 0.5) is 11.4 Å². The van der Waals surface area contributed by atoms with Crippen molar-refractivity contribution in [1.82, 2.24) is 0 Å². The Bertz CT molecular complexity index is 343. The second-order valence-electron chi connectivity index (χ2n) is 4.22. The molecule has 1 fully saturated rings. The average molecular weight is 227 g/mol. The van der Waals surface area contributed by atoms with Gasteiger partial charge in [-0.15, -0.1) is 0 Å². The van der Waals surface area contributed by atoms with Gasteiger partial charge in [-0.05, 0) is 25.0 Å². The molecule has 4 heteroatoms. The monoisotopic (exact) mass is 226 g/mol. The first-order valence-electron chi connectivity index (χ1n) is 5.06. The Hall–Kier alpha value is -0.930. The highest BCUT2D eigenvalue weighted by Gasteiger charge is 2.41. The van der Waals surface area contributed by atoms with Crippen molar-refractivity contribution >= 4 is 23.0 Å². The minimum atomic E-state index is 0.0611. The maximum Gasteiger partial charge on any atom is 0.0763 e. The first-order valence-corrected chi connectivity index (χ1v) is 5.43. The van der Waals surface area contributed by atoms with E-state index < -0.39 is 0 Å². The van der Waals surface area contributed by atoms with Gasteiger partial charge in [0.25, 0.3) is 0 Å². The van der Waals surface area contributed by atoms with Crippen LogP contribution in [0.15, 0.2) is 18.2 Å². The fourth-order valence-corrected chi connectivity index (χ4v) is 1.82. The number of aliphatic hydroxyl groups excluding tert-OH is 1. The zero-order valence-corrected chi connectivity index (χ0v) is 9.22. The largest absolute Gasteiger partial charge is 0.397 e. The second kappa shape index (κ2) is 3.91. The number of nitrogens with one attached hydrogen (secondary N) is 1. The average Bonchev–Trinajstić information content (AvgIpc) is 2.98. The minimum Gasteiger partial charge on any atom is -0.397 e. The lowest BCUT2D eigenvalue weighted by molar-refractivity contribution is 0.220. The summed E-state index contributed by atoms with van der Waals surface area (Å²) in [4.78, 5) is 0. The van der Waals surface area contributed by atoms with E-state index in [0.717, 1.165) is 25.1 Å². The van der Waals surface area contributed by atoms with E-state index in [1.54, 1.807) is 6.07 Å². The highest BCUT2D eigenvalue weighted by atomic mass is 35.5. The molecule has 0 bridgehead atoms. The van der Waals surface area contributed by atoms with Gasteiger partial charge in [-0.1, -0.05) is 17.7 Å². The summed E-state index contributed by atoms with van der Waals surface area (Å²) in [6.07, 6.45) is 2.14. The fraction of sp³-hybridized carbons (Fsp3) is 0.455. The molecular formula is C11H15ClN2O. The summed E-state index contributed by atoms with van der Waals surface area (Å²) in [5, 5.41) is 13.0. The molecule has 0 amide bonds. The van der Waals surface area contributed by atoms with Crippen LogP contribution in [-0.2, 0) is 0 Å². The van der Waals surface area contributed by atoms with E-state index in [1.807, 2.05) is 12.1 Å². The Morgan fingerprint density at radius 3 is 2.73 bits per heavy atom. The van der Waals surface area contributed by atoms with Crippen molar-refractivity contribution in [3.8, 4) is 0 Å². The SMILES string of the molecule is Nc1cccc(Cl)c1NCC1(CO)CC1. The summed E-state index contributed by atoms with van der Waals surface area (Å²) >= 11 is 6.02. The molecule has 0 saturated heterocycles.